The minimum absolute atomic E-state index is 0.0135. The number of amides is 1. The lowest BCUT2D eigenvalue weighted by atomic mass is 10.0. The molecule has 8 nitrogen and oxygen atoms in total. The maximum Gasteiger partial charge on any atom is 0.410 e. The highest BCUT2D eigenvalue weighted by atomic mass is 79.9. The van der Waals surface area contributed by atoms with Crippen LogP contribution in [0.3, 0.4) is 0 Å². The van der Waals surface area contributed by atoms with Crippen molar-refractivity contribution in [3.63, 3.8) is 0 Å². The van der Waals surface area contributed by atoms with Gasteiger partial charge < -0.3 is 15.2 Å². The van der Waals surface area contributed by atoms with Gasteiger partial charge in [-0.2, -0.15) is 0 Å². The Morgan fingerprint density at radius 3 is 2.56 bits per heavy atom. The largest absolute Gasteiger partial charge is 0.464 e. The summed E-state index contributed by atoms with van der Waals surface area (Å²) in [5, 5.41) is 0. The van der Waals surface area contributed by atoms with Crippen molar-refractivity contribution in [2.45, 2.75) is 71.6 Å². The first-order chi connectivity index (χ1) is 15.8. The first-order valence-corrected chi connectivity index (χ1v) is 11.7. The van der Waals surface area contributed by atoms with Crippen LogP contribution in [0.2, 0.25) is 0 Å². The van der Waals surface area contributed by atoms with Gasteiger partial charge in [-0.05, 0) is 59.1 Å². The molecule has 1 unspecified atom stereocenters. The molecule has 34 heavy (non-hydrogen) atoms. The first-order valence-electron chi connectivity index (χ1n) is 10.9. The average Bonchev–Trinajstić information content (AvgIpc) is 3.22. The van der Waals surface area contributed by atoms with Crippen LogP contribution in [0.5, 0.6) is 0 Å². The third-order valence-corrected chi connectivity index (χ3v) is 6.05. The zero-order valence-corrected chi connectivity index (χ0v) is 21.4. The molecule has 1 fully saturated rings. The number of carbonyl (C=O) groups excluding carboxylic acids is 3. The van der Waals surface area contributed by atoms with Crippen LogP contribution < -0.4 is 5.73 Å². The molecular formula is C23H30BrF2N3O5. The molecule has 0 spiro atoms. The smallest absolute Gasteiger partial charge is 0.410 e. The van der Waals surface area contributed by atoms with Gasteiger partial charge in [-0.3, -0.25) is 14.7 Å². The minimum atomic E-state index is -2.87. The van der Waals surface area contributed by atoms with Crippen molar-refractivity contribution in [3.05, 3.63) is 27.2 Å². The maximum atomic E-state index is 13.6. The molecule has 1 aliphatic heterocycles. The SMILES string of the molecule is CCOC(=O)C(N=Cc1c(C(F)F)cc(Br)c(C)c1N)C(=O)[C@@H]1CCCN1C(=O)OC(C)(C)C. The number of hydrogen-bond acceptors (Lipinski definition) is 7. The number of benzene rings is 1. The van der Waals surface area contributed by atoms with Crippen LogP contribution in [0.1, 0.15) is 63.7 Å². The van der Waals surface area contributed by atoms with Crippen molar-refractivity contribution in [2.24, 2.45) is 4.99 Å². The van der Waals surface area contributed by atoms with E-state index in [-0.39, 0.29) is 24.4 Å². The fourth-order valence-corrected chi connectivity index (χ4v) is 4.00. The Morgan fingerprint density at radius 2 is 2.00 bits per heavy atom. The Hall–Kier alpha value is -2.56. The summed E-state index contributed by atoms with van der Waals surface area (Å²) in [7, 11) is 0. The number of halogens is 3. The van der Waals surface area contributed by atoms with E-state index in [1.165, 1.54) is 11.0 Å². The third-order valence-electron chi connectivity index (χ3n) is 5.22. The molecule has 1 heterocycles. The Bertz CT molecular complexity index is 978. The van der Waals surface area contributed by atoms with Gasteiger partial charge in [0.05, 0.1) is 12.6 Å². The van der Waals surface area contributed by atoms with Gasteiger partial charge in [-0.1, -0.05) is 15.9 Å². The topological polar surface area (TPSA) is 111 Å². The van der Waals surface area contributed by atoms with Crippen molar-refractivity contribution < 1.29 is 32.6 Å². The number of likely N-dealkylation sites (tertiary alicyclic amines) is 1. The summed E-state index contributed by atoms with van der Waals surface area (Å²) in [5.41, 5.74) is 5.33. The summed E-state index contributed by atoms with van der Waals surface area (Å²) < 4.78 is 38.1. The molecular weight excluding hydrogens is 516 g/mol. The second-order valence-electron chi connectivity index (χ2n) is 8.87. The van der Waals surface area contributed by atoms with Crippen LogP contribution in [0.4, 0.5) is 19.3 Å². The van der Waals surface area contributed by atoms with Gasteiger partial charge in [0.1, 0.15) is 5.60 Å². The van der Waals surface area contributed by atoms with Crippen LogP contribution in [0, 0.1) is 6.92 Å². The number of aliphatic imine (C=N–C) groups is 1. The Labute approximate surface area is 206 Å². The molecule has 11 heteroatoms. The number of Topliss-reactive ketones (excluding diaryl/α,β-unsaturated/α-hetero) is 1. The van der Waals surface area contributed by atoms with Crippen LogP contribution >= 0.6 is 15.9 Å². The van der Waals surface area contributed by atoms with E-state index in [9.17, 15) is 23.2 Å². The van der Waals surface area contributed by atoms with Crippen LogP contribution in [-0.4, -0.2) is 59.8 Å². The van der Waals surface area contributed by atoms with E-state index in [1.807, 2.05) is 0 Å². The molecule has 1 saturated heterocycles. The number of esters is 1. The Balaban J connectivity index is 2.43. The first kappa shape index (κ1) is 27.7. The van der Waals surface area contributed by atoms with E-state index in [2.05, 4.69) is 20.9 Å². The van der Waals surface area contributed by atoms with Gasteiger partial charge in [0, 0.05) is 34.0 Å². The second kappa shape index (κ2) is 11.2. The normalized spacial score (nSPS) is 17.3. The summed E-state index contributed by atoms with van der Waals surface area (Å²) in [6.45, 7) is 8.57. The molecule has 1 aromatic carbocycles. The quantitative estimate of drug-likeness (QED) is 0.232. The number of rotatable bonds is 7. The highest BCUT2D eigenvalue weighted by Gasteiger charge is 2.42. The number of hydrogen-bond donors (Lipinski definition) is 1. The standard InChI is InChI=1S/C23H30BrF2N3O5/c1-6-33-21(31)18(19(30)16-8-7-9-29(16)22(32)34-23(3,4)5)28-11-14-13(20(25)26)10-15(24)12(2)17(14)27/h10-11,16,18,20H,6-9,27H2,1-5H3/t16-,18?/m0/s1. The molecule has 2 atom stereocenters. The summed E-state index contributed by atoms with van der Waals surface area (Å²) in [5.74, 6) is -1.62. The number of carbonyl (C=O) groups is 3. The van der Waals surface area contributed by atoms with Gasteiger partial charge in [0.2, 0.25) is 6.04 Å². The van der Waals surface area contributed by atoms with Gasteiger partial charge in [-0.15, -0.1) is 0 Å². The molecule has 0 aromatic heterocycles. The van der Waals surface area contributed by atoms with Gasteiger partial charge >= 0.3 is 12.1 Å². The van der Waals surface area contributed by atoms with Gasteiger partial charge in [0.25, 0.3) is 6.43 Å². The lowest BCUT2D eigenvalue weighted by Crippen LogP contribution is -2.48. The van der Waals surface area contributed by atoms with E-state index in [4.69, 9.17) is 15.2 Å². The number of nitrogens with zero attached hydrogens (tertiary/aromatic N) is 2. The lowest BCUT2D eigenvalue weighted by molar-refractivity contribution is -0.148. The number of ketones is 1. The predicted molar refractivity (Wildman–Crippen MR) is 127 cm³/mol. The molecule has 2 N–H and O–H groups in total. The average molecular weight is 546 g/mol. The molecule has 0 radical (unpaired) electrons. The maximum absolute atomic E-state index is 13.6. The van der Waals surface area contributed by atoms with Crippen molar-refractivity contribution in [3.8, 4) is 0 Å². The van der Waals surface area contributed by atoms with Gasteiger partial charge in [-0.25, -0.2) is 18.4 Å². The Morgan fingerprint density at radius 1 is 1.35 bits per heavy atom. The minimum Gasteiger partial charge on any atom is -0.464 e. The van der Waals surface area contributed by atoms with E-state index in [1.54, 1.807) is 34.6 Å². The van der Waals surface area contributed by atoms with Crippen LogP contribution in [-0.2, 0) is 19.1 Å². The van der Waals surface area contributed by atoms with E-state index in [0.717, 1.165) is 6.21 Å². The van der Waals surface area contributed by atoms with E-state index < -0.39 is 47.5 Å². The molecule has 1 amide bonds. The molecule has 1 aliphatic rings. The van der Waals surface area contributed by atoms with E-state index >= 15 is 0 Å². The molecule has 2 rings (SSSR count). The summed E-state index contributed by atoms with van der Waals surface area (Å²) >= 11 is 3.20. The fraction of sp³-hybridized carbons (Fsp3) is 0.565. The van der Waals surface area contributed by atoms with E-state index in [0.29, 0.717) is 22.9 Å². The summed E-state index contributed by atoms with van der Waals surface area (Å²) in [4.78, 5) is 43.9. The summed E-state index contributed by atoms with van der Waals surface area (Å²) in [6.07, 6.45) is -1.70. The number of ether oxygens (including phenoxy) is 2. The highest BCUT2D eigenvalue weighted by molar-refractivity contribution is 9.10. The molecule has 1 aromatic rings. The van der Waals surface area contributed by atoms with Crippen molar-refractivity contribution in [1.29, 1.82) is 0 Å². The van der Waals surface area contributed by atoms with Crippen molar-refractivity contribution in [2.75, 3.05) is 18.9 Å². The molecule has 0 aliphatic carbocycles. The van der Waals surface area contributed by atoms with Crippen LogP contribution in [0.25, 0.3) is 0 Å². The second-order valence-corrected chi connectivity index (χ2v) is 9.72. The zero-order valence-electron chi connectivity index (χ0n) is 19.9. The van der Waals surface area contributed by atoms with Crippen LogP contribution in [0.15, 0.2) is 15.5 Å². The van der Waals surface area contributed by atoms with Crippen molar-refractivity contribution >= 4 is 45.7 Å². The number of alkyl halides is 2. The fourth-order valence-electron chi connectivity index (χ4n) is 3.54. The van der Waals surface area contributed by atoms with Gasteiger partial charge in [0.15, 0.2) is 5.78 Å². The zero-order chi connectivity index (χ0) is 25.8. The summed E-state index contributed by atoms with van der Waals surface area (Å²) in [6, 6.07) is -1.39. The number of nitrogens with two attached hydrogens (primary N) is 1. The third kappa shape index (κ3) is 6.52. The highest BCUT2D eigenvalue weighted by Crippen LogP contribution is 2.33. The van der Waals surface area contributed by atoms with Crippen molar-refractivity contribution in [1.82, 2.24) is 4.90 Å². The molecule has 188 valence electrons. The predicted octanol–water partition coefficient (Wildman–Crippen LogP) is 4.60. The number of nitrogen functional groups attached to an aromatic ring is 1. The molecule has 0 bridgehead atoms. The Kier molecular flexibility index (Phi) is 9.15. The number of anilines is 1. The lowest BCUT2D eigenvalue weighted by Gasteiger charge is -2.28. The monoisotopic (exact) mass is 545 g/mol. The molecule has 0 saturated carbocycles.